The Morgan fingerprint density at radius 3 is 0.838 bits per heavy atom. The van der Waals surface area contributed by atoms with Crippen molar-refractivity contribution >= 4 is 38.6 Å². The second-order valence-electron chi connectivity index (χ2n) is 25.1. The van der Waals surface area contributed by atoms with Crippen LogP contribution in [0.4, 0.5) is 0 Å². The number of hydrogen-bond donors (Lipinski definition) is 1. The number of hydrogen-bond acceptors (Lipinski definition) is 6. The number of nitrogens with zero attached hydrogens (tertiary/aromatic N) is 8. The van der Waals surface area contributed by atoms with Gasteiger partial charge in [0.05, 0.1) is 46.0 Å². The van der Waals surface area contributed by atoms with Gasteiger partial charge in [-0.25, -0.2) is 0 Å². The fourth-order valence-corrected chi connectivity index (χ4v) is 13.2. The molecule has 4 heterocycles. The molecule has 105 heavy (non-hydrogen) atoms. The molecular weight excluding hydrogens is 2270 g/mol. The number of aryl methyl sites for hydroxylation is 14. The average molecular weight is 2350 g/mol. The fraction of sp³-hybridized carbons (Fsp3) is 0.157. The summed E-state index contributed by atoms with van der Waals surface area (Å²) in [4.78, 5) is 28.2. The number of imidazole rings is 4. The molecule has 0 amide bonds. The Morgan fingerprint density at radius 1 is 0.343 bits per heavy atom. The van der Waals surface area contributed by atoms with E-state index in [9.17, 15) is 0 Å². The van der Waals surface area contributed by atoms with Gasteiger partial charge in [0.1, 0.15) is 0 Å². The van der Waals surface area contributed by atoms with Crippen LogP contribution >= 0.6 is 0 Å². The molecule has 0 bridgehead atoms. The van der Waals surface area contributed by atoms with Gasteiger partial charge in [0.15, 0.2) is 0 Å². The Balaban J connectivity index is 0.000000241. The van der Waals surface area contributed by atoms with Gasteiger partial charge in [0.25, 0.3) is 0 Å². The number of para-hydroxylation sites is 4. The minimum atomic E-state index is 0. The number of rotatable bonds is 9. The summed E-state index contributed by atoms with van der Waals surface area (Å²) in [7, 11) is 0. The van der Waals surface area contributed by atoms with Crippen LogP contribution in [0.2, 0.25) is 0 Å². The third kappa shape index (κ3) is 20.7. The van der Waals surface area contributed by atoms with Gasteiger partial charge in [-0.3, -0.25) is 26.2 Å². The van der Waals surface area contributed by atoms with E-state index in [0.717, 1.165) is 74.4 Å². The predicted octanol–water partition coefficient (Wildman–Crippen LogP) is 21.1. The number of aromatic nitrogens is 8. The third-order valence-corrected chi connectivity index (χ3v) is 17.8. The van der Waals surface area contributed by atoms with Gasteiger partial charge in [-0.2, -0.15) is 0 Å². The summed E-state index contributed by atoms with van der Waals surface area (Å²) < 4.78 is 8.76. The first-order valence-corrected chi connectivity index (χ1v) is 33.1. The second-order valence-corrected chi connectivity index (χ2v) is 25.1. The van der Waals surface area contributed by atoms with Crippen molar-refractivity contribution < 1.29 is 174 Å². The zero-order chi connectivity index (χ0) is 70.0. The molecule has 11 aromatic carbocycles. The van der Waals surface area contributed by atoms with Crippen molar-refractivity contribution in [3.8, 4) is 67.8 Å². The summed E-state index contributed by atoms with van der Waals surface area (Å²) in [5.41, 5.74) is 25.5. The molecule has 537 valence electrons. The molecule has 0 saturated carbocycles. The topological polar surface area (TPSA) is 109 Å². The molecule has 0 saturated heterocycles. The molecular formula is C89H80Ir3N8O2Pr2Pt-6. The van der Waals surface area contributed by atoms with Crippen molar-refractivity contribution in [1.82, 2.24) is 38.2 Å². The number of aliphatic hydroxyl groups is 1. The predicted molar refractivity (Wildman–Crippen MR) is 406 cm³/mol. The van der Waals surface area contributed by atoms with Crippen molar-refractivity contribution in [3.05, 3.63) is 334 Å². The SMILES string of the molecule is Cc1c[c-]c(-c2cn(-c3c(C)cccc3C)c(C)n2)c(C)c1.Cc1cccc(C)c1-n1cc(-c2[c-]ccc3ccccc23)nc1C.Cc1cccc(C)c1-n1cc(-c2[c-]ccc3ccccc23)nc1C.Cc1cccc(C)c1-n1cc(-c2[c-]ccc3ccccc23)nc1C.O=[C-]C=[C-]O.[Ir].[Ir].[Ir].[Pr].[Pr].[Pt]. The van der Waals surface area contributed by atoms with Gasteiger partial charge in [-0.05, 0) is 152 Å². The van der Waals surface area contributed by atoms with Crippen LogP contribution < -0.4 is 0 Å². The van der Waals surface area contributed by atoms with E-state index >= 15 is 0 Å². The number of aliphatic hydroxyl groups excluding tert-OH is 1. The molecule has 0 fully saturated rings. The number of fused-ring (bicyclic) bond motifs is 3. The summed E-state index contributed by atoms with van der Waals surface area (Å²) >= 11 is 0. The van der Waals surface area contributed by atoms with Gasteiger partial charge in [0.2, 0.25) is 0 Å². The molecule has 10 nitrogen and oxygen atoms in total. The van der Waals surface area contributed by atoms with Gasteiger partial charge < -0.3 is 40.5 Å². The van der Waals surface area contributed by atoms with Gasteiger partial charge >= 0.3 is 0 Å². The molecule has 4 aromatic heterocycles. The van der Waals surface area contributed by atoms with Crippen LogP contribution in [0.25, 0.3) is 100 Å². The first kappa shape index (κ1) is 89.2. The Bertz CT molecular complexity index is 4980. The second kappa shape index (κ2) is 41.3. The Morgan fingerprint density at radius 2 is 0.600 bits per heavy atom. The van der Waals surface area contributed by atoms with E-state index < -0.39 is 0 Å². The van der Waals surface area contributed by atoms with Crippen LogP contribution in [0.1, 0.15) is 78.9 Å². The Labute approximate surface area is 740 Å². The van der Waals surface area contributed by atoms with Crippen molar-refractivity contribution in [2.75, 3.05) is 0 Å². The van der Waals surface area contributed by atoms with Crippen LogP contribution in [0.5, 0.6) is 0 Å². The molecule has 0 atom stereocenters. The summed E-state index contributed by atoms with van der Waals surface area (Å²) in [6.07, 6.45) is 12.0. The van der Waals surface area contributed by atoms with Gasteiger partial charge in [-0.1, -0.05) is 176 Å². The van der Waals surface area contributed by atoms with Crippen LogP contribution in [-0.4, -0.2) is 49.6 Å². The largest absolute Gasteiger partial charge is 0.708 e. The minimum absolute atomic E-state index is 0. The maximum Gasteiger partial charge on any atom is 0.0992 e. The molecule has 0 spiro atoms. The van der Waals surface area contributed by atoms with E-state index in [2.05, 4.69) is 334 Å². The number of allylic oxidation sites excluding steroid dienone is 1. The van der Waals surface area contributed by atoms with E-state index in [4.69, 9.17) is 29.8 Å². The molecule has 15 aromatic rings. The molecule has 15 rings (SSSR count). The van der Waals surface area contributed by atoms with Crippen molar-refractivity contribution in [2.45, 2.75) is 96.9 Å². The van der Waals surface area contributed by atoms with E-state index in [1.54, 1.807) is 0 Å². The fourth-order valence-electron chi connectivity index (χ4n) is 13.2. The van der Waals surface area contributed by atoms with Crippen molar-refractivity contribution in [1.29, 1.82) is 0 Å². The molecule has 16 heteroatoms. The Hall–Kier alpha value is -6.39. The van der Waals surface area contributed by atoms with E-state index in [-0.39, 0.29) is 164 Å². The summed E-state index contributed by atoms with van der Waals surface area (Å²) in [6, 6.07) is 80.6. The van der Waals surface area contributed by atoms with Gasteiger partial charge in [0, 0.05) is 187 Å². The smallest absolute Gasteiger partial charge is 0.0992 e. The monoisotopic (exact) mass is 2350 g/mol. The molecule has 0 aliphatic carbocycles. The summed E-state index contributed by atoms with van der Waals surface area (Å²) in [5, 5.41) is 14.7. The minimum Gasteiger partial charge on any atom is -0.708 e. The van der Waals surface area contributed by atoms with Crippen LogP contribution in [0.3, 0.4) is 0 Å². The number of benzene rings is 11. The van der Waals surface area contributed by atoms with Crippen molar-refractivity contribution in [2.24, 2.45) is 0 Å². The average Bonchev–Trinajstić information content (AvgIpc) is 1.69. The molecule has 5 radical (unpaired) electrons. The Kier molecular flexibility index (Phi) is 35.1. The van der Waals surface area contributed by atoms with Gasteiger partial charge in [-0.15, -0.1) is 122 Å². The summed E-state index contributed by atoms with van der Waals surface area (Å²) in [6.45, 7) is 29.6. The third-order valence-electron chi connectivity index (χ3n) is 17.8. The molecule has 1 N–H and O–H groups in total. The first-order chi connectivity index (χ1) is 47.8. The maximum absolute atomic E-state index is 9.00. The van der Waals surface area contributed by atoms with Crippen LogP contribution in [0, 0.1) is 210 Å². The quantitative estimate of drug-likeness (QED) is 0.0876. The summed E-state index contributed by atoms with van der Waals surface area (Å²) in [5.74, 6) is 3.97. The van der Waals surface area contributed by atoms with Crippen molar-refractivity contribution in [3.63, 3.8) is 0 Å². The standard InChI is InChI=1S/3C22H19N2.C20H21N2.C3H2O2.3Ir.2Pr.Pt/c3*1-15-8-6-9-16(2)22(15)24-14-21(23-17(24)3)20-13-7-11-18-10-4-5-12-19(18)20;1-13-9-10-18(16(4)11-13)19-12-22(17(5)21-19)20-14(2)7-6-8-15(20)3;4-2-1-3-5;;;;;;/h3*4-12,14H,1-3H3;6-9,11-12H,1-5H3;1,4H;;;;;;/q4*-1;-2;;;;;;. The van der Waals surface area contributed by atoms with E-state index in [1.165, 1.54) is 123 Å². The first-order valence-electron chi connectivity index (χ1n) is 33.1. The van der Waals surface area contributed by atoms with Crippen LogP contribution in [-0.2, 0) is 86.2 Å². The number of carbonyl (C=O) groups excluding carboxylic acids is 1. The zero-order valence-electron chi connectivity index (χ0n) is 61.3. The van der Waals surface area contributed by atoms with E-state index in [1.807, 2.05) is 24.3 Å². The molecule has 0 unspecified atom stereocenters. The maximum atomic E-state index is 9.00. The molecule has 0 aliphatic heterocycles. The molecule has 0 aliphatic rings. The normalized spacial score (nSPS) is 10.3. The zero-order valence-corrected chi connectivity index (χ0v) is 78.1. The van der Waals surface area contributed by atoms with Crippen LogP contribution in [0.15, 0.2) is 225 Å². The van der Waals surface area contributed by atoms with E-state index in [0.29, 0.717) is 0 Å².